The van der Waals surface area contributed by atoms with Gasteiger partial charge in [-0.05, 0) is 33.7 Å². The first-order chi connectivity index (χ1) is 9.75. The molecule has 0 saturated heterocycles. The molecular formula is C14H12N4OS. The molecule has 1 atom stereocenters. The number of aromatic nitrogens is 4. The first kappa shape index (κ1) is 12.7. The normalized spacial score (nSPS) is 12.2. The van der Waals surface area contributed by atoms with Crippen LogP contribution in [0.2, 0.25) is 0 Å². The van der Waals surface area contributed by atoms with Crippen molar-refractivity contribution in [2.24, 2.45) is 0 Å². The summed E-state index contributed by atoms with van der Waals surface area (Å²) in [5, 5.41) is 11.6. The average Bonchev–Trinajstić information content (AvgIpc) is 2.98. The van der Waals surface area contributed by atoms with Crippen LogP contribution in [0.15, 0.2) is 59.8 Å². The van der Waals surface area contributed by atoms with Gasteiger partial charge >= 0.3 is 0 Å². The van der Waals surface area contributed by atoms with Crippen LogP contribution < -0.4 is 0 Å². The molecule has 1 unspecified atom stereocenters. The third-order valence-electron chi connectivity index (χ3n) is 2.92. The largest absolute Gasteiger partial charge is 0.251 e. The van der Waals surface area contributed by atoms with Gasteiger partial charge in [0.2, 0.25) is 5.16 Å². The molecule has 0 spiro atoms. The molecule has 3 rings (SSSR count). The Kier molecular flexibility index (Phi) is 3.39. The molecule has 0 bridgehead atoms. The fourth-order valence-electron chi connectivity index (χ4n) is 1.95. The van der Waals surface area contributed by atoms with E-state index in [9.17, 15) is 4.21 Å². The van der Waals surface area contributed by atoms with Crippen molar-refractivity contribution >= 4 is 10.8 Å². The van der Waals surface area contributed by atoms with Crippen LogP contribution in [0, 0.1) is 0 Å². The summed E-state index contributed by atoms with van der Waals surface area (Å²) in [5.41, 5.74) is 3.05. The van der Waals surface area contributed by atoms with Gasteiger partial charge in [0.1, 0.15) is 0 Å². The molecule has 1 heterocycles. The first-order valence-corrected chi connectivity index (χ1v) is 7.59. The van der Waals surface area contributed by atoms with E-state index in [-0.39, 0.29) is 0 Å². The highest BCUT2D eigenvalue weighted by Crippen LogP contribution is 2.20. The zero-order chi connectivity index (χ0) is 13.9. The molecule has 0 aliphatic heterocycles. The van der Waals surface area contributed by atoms with Crippen molar-refractivity contribution in [1.82, 2.24) is 20.2 Å². The lowest BCUT2D eigenvalue weighted by Crippen LogP contribution is -2.04. The second-order valence-electron chi connectivity index (χ2n) is 4.24. The third kappa shape index (κ3) is 2.37. The summed E-state index contributed by atoms with van der Waals surface area (Å²) in [6.07, 6.45) is 1.56. The molecule has 0 radical (unpaired) electrons. The van der Waals surface area contributed by atoms with Crippen LogP contribution in [0.5, 0.6) is 0 Å². The van der Waals surface area contributed by atoms with Crippen LogP contribution in [-0.4, -0.2) is 30.7 Å². The van der Waals surface area contributed by atoms with Gasteiger partial charge in [-0.3, -0.25) is 4.21 Å². The third-order valence-corrected chi connectivity index (χ3v) is 3.69. The fraction of sp³-hybridized carbons (Fsp3) is 0.0714. The summed E-state index contributed by atoms with van der Waals surface area (Å²) in [5.74, 6) is 0. The Morgan fingerprint density at radius 1 is 0.950 bits per heavy atom. The van der Waals surface area contributed by atoms with Gasteiger partial charge in [0.25, 0.3) is 0 Å². The summed E-state index contributed by atoms with van der Waals surface area (Å²) in [7, 11) is -1.22. The second kappa shape index (κ2) is 5.34. The van der Waals surface area contributed by atoms with Gasteiger partial charge in [0, 0.05) is 6.26 Å². The zero-order valence-corrected chi connectivity index (χ0v) is 11.6. The Labute approximate surface area is 118 Å². The smallest absolute Gasteiger partial charge is 0.244 e. The maximum absolute atomic E-state index is 11.5. The van der Waals surface area contributed by atoms with E-state index in [4.69, 9.17) is 0 Å². The molecule has 100 valence electrons. The van der Waals surface area contributed by atoms with Gasteiger partial charge in [-0.15, -0.1) is 0 Å². The molecule has 0 fully saturated rings. The summed E-state index contributed by atoms with van der Waals surface area (Å²) < 4.78 is 13.0. The van der Waals surface area contributed by atoms with Gasteiger partial charge < -0.3 is 0 Å². The lowest BCUT2D eigenvalue weighted by molar-refractivity contribution is 0.670. The fourth-order valence-corrected chi connectivity index (χ4v) is 2.48. The molecule has 1 aromatic heterocycles. The lowest BCUT2D eigenvalue weighted by atomic mass is 10.1. The van der Waals surface area contributed by atoms with Crippen molar-refractivity contribution in [2.75, 3.05) is 6.26 Å². The second-order valence-corrected chi connectivity index (χ2v) is 5.51. The van der Waals surface area contributed by atoms with Crippen molar-refractivity contribution in [3.8, 4) is 16.8 Å². The Balaban J connectivity index is 1.98. The van der Waals surface area contributed by atoms with Gasteiger partial charge in [0.15, 0.2) is 0 Å². The van der Waals surface area contributed by atoms with Crippen LogP contribution in [0.1, 0.15) is 0 Å². The highest BCUT2D eigenvalue weighted by atomic mass is 32.2. The van der Waals surface area contributed by atoms with E-state index in [1.807, 2.05) is 42.5 Å². The minimum absolute atomic E-state index is 0.345. The Morgan fingerprint density at radius 3 is 2.25 bits per heavy atom. The summed E-state index contributed by atoms with van der Waals surface area (Å²) >= 11 is 0. The maximum atomic E-state index is 11.5. The molecule has 5 nitrogen and oxygen atoms in total. The van der Waals surface area contributed by atoms with Crippen molar-refractivity contribution in [1.29, 1.82) is 0 Å². The van der Waals surface area contributed by atoms with Gasteiger partial charge in [0.05, 0.1) is 16.5 Å². The number of tetrazole rings is 1. The SMILES string of the molecule is CS(=O)c1nnnn1-c1ccc(-c2ccccc2)cc1. The number of rotatable bonds is 3. The van der Waals surface area contributed by atoms with E-state index >= 15 is 0 Å². The minimum Gasteiger partial charge on any atom is -0.251 e. The van der Waals surface area contributed by atoms with Crippen LogP contribution in [-0.2, 0) is 10.8 Å². The predicted molar refractivity (Wildman–Crippen MR) is 76.9 cm³/mol. The van der Waals surface area contributed by atoms with E-state index in [0.717, 1.165) is 16.8 Å². The maximum Gasteiger partial charge on any atom is 0.244 e. The van der Waals surface area contributed by atoms with Crippen molar-refractivity contribution < 1.29 is 4.21 Å². The Morgan fingerprint density at radius 2 is 1.60 bits per heavy atom. The van der Waals surface area contributed by atoms with Crippen LogP contribution >= 0.6 is 0 Å². The molecule has 2 aromatic carbocycles. The molecule has 3 aromatic rings. The van der Waals surface area contributed by atoms with E-state index in [1.54, 1.807) is 6.26 Å². The van der Waals surface area contributed by atoms with E-state index in [0.29, 0.717) is 5.16 Å². The van der Waals surface area contributed by atoms with Crippen molar-refractivity contribution in [3.05, 3.63) is 54.6 Å². The van der Waals surface area contributed by atoms with Crippen molar-refractivity contribution in [2.45, 2.75) is 5.16 Å². The van der Waals surface area contributed by atoms with Gasteiger partial charge in [-0.2, -0.15) is 4.68 Å². The van der Waals surface area contributed by atoms with Crippen molar-refractivity contribution in [3.63, 3.8) is 0 Å². The van der Waals surface area contributed by atoms with E-state index in [2.05, 4.69) is 27.7 Å². The first-order valence-electron chi connectivity index (χ1n) is 6.03. The highest BCUT2D eigenvalue weighted by Gasteiger charge is 2.11. The zero-order valence-electron chi connectivity index (χ0n) is 10.8. The monoisotopic (exact) mass is 284 g/mol. The lowest BCUT2D eigenvalue weighted by Gasteiger charge is -2.05. The summed E-state index contributed by atoms with van der Waals surface area (Å²) in [6, 6.07) is 17.9. The molecule has 0 N–H and O–H groups in total. The average molecular weight is 284 g/mol. The van der Waals surface area contributed by atoms with Crippen LogP contribution in [0.3, 0.4) is 0 Å². The molecule has 6 heteroatoms. The Hall–Kier alpha value is -2.34. The summed E-state index contributed by atoms with van der Waals surface area (Å²) in [4.78, 5) is 0. The minimum atomic E-state index is -1.22. The predicted octanol–water partition coefficient (Wildman–Crippen LogP) is 2.07. The Bertz CT molecular complexity index is 737. The van der Waals surface area contributed by atoms with E-state index in [1.165, 1.54) is 4.68 Å². The van der Waals surface area contributed by atoms with Gasteiger partial charge in [-0.25, -0.2) is 0 Å². The number of nitrogens with zero attached hydrogens (tertiary/aromatic N) is 4. The summed E-state index contributed by atoms with van der Waals surface area (Å²) in [6.45, 7) is 0. The standard InChI is InChI=1S/C14H12N4OS/c1-20(19)14-15-16-17-18(14)13-9-7-12(8-10-13)11-5-3-2-4-6-11/h2-10H,1H3. The van der Waals surface area contributed by atoms with E-state index < -0.39 is 10.8 Å². The molecule has 20 heavy (non-hydrogen) atoms. The van der Waals surface area contributed by atoms with Crippen LogP contribution in [0.25, 0.3) is 16.8 Å². The molecule has 0 amide bonds. The molecule has 0 aliphatic rings. The number of benzene rings is 2. The van der Waals surface area contributed by atoms with Gasteiger partial charge in [-0.1, -0.05) is 47.6 Å². The number of hydrogen-bond acceptors (Lipinski definition) is 4. The number of hydrogen-bond donors (Lipinski definition) is 0. The topological polar surface area (TPSA) is 60.7 Å². The quantitative estimate of drug-likeness (QED) is 0.738. The molecule has 0 saturated carbocycles. The molecule has 0 aliphatic carbocycles. The molecular weight excluding hydrogens is 272 g/mol. The highest BCUT2D eigenvalue weighted by molar-refractivity contribution is 7.84. The van der Waals surface area contributed by atoms with Crippen LogP contribution in [0.4, 0.5) is 0 Å².